The Kier molecular flexibility index (Phi) is 13.3. The number of hydrogen-bond acceptors (Lipinski definition) is 5. The highest BCUT2D eigenvalue weighted by Gasteiger charge is 2.72. The lowest BCUT2D eigenvalue weighted by molar-refractivity contribution is -0.325. The first-order chi connectivity index (χ1) is 18.9. The molecule has 1 aromatic carbocycles. The molecule has 0 spiro atoms. The molecule has 0 bridgehead atoms. The first-order valence-electron chi connectivity index (χ1n) is 13.7. The van der Waals surface area contributed by atoms with Crippen molar-refractivity contribution in [3.63, 3.8) is 0 Å². The van der Waals surface area contributed by atoms with E-state index in [0.29, 0.717) is 24.2 Å². The van der Waals surface area contributed by atoms with Gasteiger partial charge in [-0.1, -0.05) is 70.9 Å². The van der Waals surface area contributed by atoms with E-state index in [2.05, 4.69) is 26.4 Å². The lowest BCUT2D eigenvalue weighted by Crippen LogP contribution is -2.58. The maximum absolute atomic E-state index is 14.0. The average molecular weight is 577 g/mol. The molecule has 1 aromatic heterocycles. The summed E-state index contributed by atoms with van der Waals surface area (Å²) >= 11 is 0. The van der Waals surface area contributed by atoms with Crippen LogP contribution in [0.25, 0.3) is 11.4 Å². The fourth-order valence-electron chi connectivity index (χ4n) is 3.81. The molecule has 0 aliphatic rings. The van der Waals surface area contributed by atoms with E-state index in [0.717, 1.165) is 24.8 Å². The zero-order valence-electron chi connectivity index (χ0n) is 23.0. The monoisotopic (exact) mass is 576 g/mol. The molecule has 0 atom stereocenters. The van der Waals surface area contributed by atoms with Crippen LogP contribution in [0.15, 0.2) is 36.7 Å². The summed E-state index contributed by atoms with van der Waals surface area (Å²) < 4.78 is 92.4. The zero-order chi connectivity index (χ0) is 29.7. The first-order valence-corrected chi connectivity index (χ1v) is 13.7. The van der Waals surface area contributed by atoms with Crippen LogP contribution in [0.3, 0.4) is 0 Å². The van der Waals surface area contributed by atoms with Crippen molar-refractivity contribution in [3.8, 4) is 11.4 Å². The Labute approximate surface area is 231 Å². The molecule has 0 aliphatic heterocycles. The van der Waals surface area contributed by atoms with Crippen LogP contribution in [0.1, 0.15) is 87.6 Å². The highest BCUT2D eigenvalue weighted by Crippen LogP contribution is 2.46. The largest absolute Gasteiger partial charge is 0.455 e. The quantitative estimate of drug-likeness (QED) is 0.0956. The minimum atomic E-state index is -5.80. The molecule has 0 amide bonds. The second-order valence-electron chi connectivity index (χ2n) is 9.83. The summed E-state index contributed by atoms with van der Waals surface area (Å²) in [6, 6.07) is 5.33. The number of carbonyl (C=O) groups is 1. The predicted octanol–water partition coefficient (Wildman–Crippen LogP) is 8.32. The fourth-order valence-corrected chi connectivity index (χ4v) is 3.81. The number of carbonyl (C=O) groups excluding carboxylic acids is 1. The third-order valence-corrected chi connectivity index (χ3v) is 6.38. The van der Waals surface area contributed by atoms with Gasteiger partial charge in [0.2, 0.25) is 0 Å². The molecule has 40 heavy (non-hydrogen) atoms. The van der Waals surface area contributed by atoms with Gasteiger partial charge in [-0.15, -0.1) is 0 Å². The van der Waals surface area contributed by atoms with Gasteiger partial charge in [0.15, 0.2) is 12.4 Å². The molecule has 224 valence electrons. The number of halogens is 6. The van der Waals surface area contributed by atoms with Crippen molar-refractivity contribution in [2.24, 2.45) is 0 Å². The molecule has 11 heteroatoms. The standard InChI is InChI=1S/C29H38F6N2O3/c1-3-5-7-8-9-10-11-12-22-18-36-25(37-19-22)23-13-15-24(16-14-23)26(38)40-21-28(32,33)29(34,35)27(30,31)20-39-17-6-4-2/h13-16,18-19H,3-12,17,20-21H2,1-2H3. The van der Waals surface area contributed by atoms with Crippen LogP contribution in [0, 0.1) is 0 Å². The van der Waals surface area contributed by atoms with E-state index in [4.69, 9.17) is 0 Å². The molecule has 0 radical (unpaired) electrons. The number of ether oxygens (including phenoxy) is 2. The number of hydrogen-bond donors (Lipinski definition) is 0. The van der Waals surface area contributed by atoms with Crippen LogP contribution < -0.4 is 0 Å². The summed E-state index contributed by atoms with van der Waals surface area (Å²) in [4.78, 5) is 20.8. The molecule has 1 heterocycles. The van der Waals surface area contributed by atoms with Crippen molar-refractivity contribution in [3.05, 3.63) is 47.8 Å². The number of rotatable bonds is 19. The van der Waals surface area contributed by atoms with Gasteiger partial charge < -0.3 is 9.47 Å². The van der Waals surface area contributed by atoms with Crippen LogP contribution in [-0.2, 0) is 15.9 Å². The molecule has 5 nitrogen and oxygen atoms in total. The molecule has 0 fully saturated rings. The summed E-state index contributed by atoms with van der Waals surface area (Å²) in [5.41, 5.74) is 1.29. The Morgan fingerprint density at radius 3 is 1.90 bits per heavy atom. The normalized spacial score (nSPS) is 12.5. The van der Waals surface area contributed by atoms with E-state index in [-0.39, 0.29) is 12.2 Å². The van der Waals surface area contributed by atoms with Gasteiger partial charge in [0, 0.05) is 24.6 Å². The molecule has 2 aromatic rings. The maximum Gasteiger partial charge on any atom is 0.377 e. The van der Waals surface area contributed by atoms with E-state index >= 15 is 0 Å². The van der Waals surface area contributed by atoms with E-state index < -0.39 is 37.0 Å². The lowest BCUT2D eigenvalue weighted by Gasteiger charge is -2.32. The van der Waals surface area contributed by atoms with Gasteiger partial charge in [0.1, 0.15) is 6.61 Å². The van der Waals surface area contributed by atoms with E-state index in [1.165, 1.54) is 56.4 Å². The molecular weight excluding hydrogens is 538 g/mol. The number of unbranched alkanes of at least 4 members (excludes halogenated alkanes) is 7. The number of alkyl halides is 6. The maximum atomic E-state index is 14.0. The van der Waals surface area contributed by atoms with E-state index in [1.54, 1.807) is 19.3 Å². The van der Waals surface area contributed by atoms with Crippen molar-refractivity contribution in [2.75, 3.05) is 19.8 Å². The Bertz CT molecular complexity index is 1020. The van der Waals surface area contributed by atoms with Gasteiger partial charge in [-0.3, -0.25) is 0 Å². The second kappa shape index (κ2) is 15.9. The first kappa shape index (κ1) is 33.5. The van der Waals surface area contributed by atoms with E-state index in [1.807, 2.05) is 0 Å². The Balaban J connectivity index is 1.88. The summed E-state index contributed by atoms with van der Waals surface area (Å²) in [6.07, 6.45) is 13.5. The Morgan fingerprint density at radius 2 is 1.30 bits per heavy atom. The second-order valence-corrected chi connectivity index (χ2v) is 9.83. The van der Waals surface area contributed by atoms with Crippen molar-refractivity contribution >= 4 is 5.97 Å². The highest BCUT2D eigenvalue weighted by atomic mass is 19.3. The molecule has 0 saturated heterocycles. The SMILES string of the molecule is CCCCCCCCCc1cnc(-c2ccc(C(=O)OCC(F)(F)C(F)(F)C(F)(F)COCCCC)cc2)nc1. The number of aryl methyl sites for hydroxylation is 1. The number of nitrogens with zero attached hydrogens (tertiary/aromatic N) is 2. The Hall–Kier alpha value is -2.69. The van der Waals surface area contributed by atoms with Gasteiger partial charge in [-0.2, -0.15) is 26.3 Å². The third-order valence-electron chi connectivity index (χ3n) is 6.38. The third kappa shape index (κ3) is 9.74. The van der Waals surface area contributed by atoms with Crippen LogP contribution in [0.5, 0.6) is 0 Å². The highest BCUT2D eigenvalue weighted by molar-refractivity contribution is 5.90. The molecule has 2 rings (SSSR count). The van der Waals surface area contributed by atoms with Gasteiger partial charge >= 0.3 is 23.7 Å². The van der Waals surface area contributed by atoms with E-state index in [9.17, 15) is 31.1 Å². The average Bonchev–Trinajstić information content (AvgIpc) is 2.94. The molecule has 0 saturated carbocycles. The minimum Gasteiger partial charge on any atom is -0.455 e. The number of esters is 1. The number of benzene rings is 1. The number of aromatic nitrogens is 2. The smallest absolute Gasteiger partial charge is 0.377 e. The Morgan fingerprint density at radius 1 is 0.750 bits per heavy atom. The fraction of sp³-hybridized carbons (Fsp3) is 0.621. The molecular formula is C29H38F6N2O3. The van der Waals surface area contributed by atoms with Gasteiger partial charge in [-0.05, 0) is 37.0 Å². The summed E-state index contributed by atoms with van der Waals surface area (Å²) in [5, 5.41) is 0. The van der Waals surface area contributed by atoms with Crippen molar-refractivity contribution in [1.29, 1.82) is 0 Å². The molecule has 0 N–H and O–H groups in total. The van der Waals surface area contributed by atoms with Gasteiger partial charge in [-0.25, -0.2) is 14.8 Å². The van der Waals surface area contributed by atoms with Gasteiger partial charge in [0.25, 0.3) is 0 Å². The van der Waals surface area contributed by atoms with Crippen molar-refractivity contribution in [1.82, 2.24) is 9.97 Å². The molecule has 0 aliphatic carbocycles. The van der Waals surface area contributed by atoms with Crippen LogP contribution >= 0.6 is 0 Å². The summed E-state index contributed by atoms with van der Waals surface area (Å²) in [7, 11) is 0. The van der Waals surface area contributed by atoms with Crippen LogP contribution in [0.2, 0.25) is 0 Å². The summed E-state index contributed by atoms with van der Waals surface area (Å²) in [6.45, 7) is -0.477. The van der Waals surface area contributed by atoms with Gasteiger partial charge in [0.05, 0.1) is 5.56 Å². The lowest BCUT2D eigenvalue weighted by atomic mass is 10.1. The van der Waals surface area contributed by atoms with Crippen LogP contribution in [-0.4, -0.2) is 53.5 Å². The minimum absolute atomic E-state index is 0.229. The zero-order valence-corrected chi connectivity index (χ0v) is 23.0. The van der Waals surface area contributed by atoms with Crippen molar-refractivity contribution < 1.29 is 40.6 Å². The topological polar surface area (TPSA) is 61.3 Å². The van der Waals surface area contributed by atoms with Crippen LogP contribution in [0.4, 0.5) is 26.3 Å². The van der Waals surface area contributed by atoms with Crippen molar-refractivity contribution in [2.45, 2.75) is 95.8 Å². The summed E-state index contributed by atoms with van der Waals surface area (Å²) in [5.74, 6) is -17.3. The molecule has 0 unspecified atom stereocenters. The predicted molar refractivity (Wildman–Crippen MR) is 140 cm³/mol.